The van der Waals surface area contributed by atoms with Gasteiger partial charge in [-0.25, -0.2) is 9.18 Å². The summed E-state index contributed by atoms with van der Waals surface area (Å²) in [6, 6.07) is 2.00. The van der Waals surface area contributed by atoms with Crippen LogP contribution in [0.5, 0.6) is 0 Å². The minimum Gasteiger partial charge on any atom is -0.405 e. The van der Waals surface area contributed by atoms with E-state index < -0.39 is 29.4 Å². The standard InChI is InChI=1S/C14H13FN2O5/c15-11-7(5-6-18)1-2-8-12(11)22-14(21)17(8)9-3-4-10(19)16-13(9)20/h1-2,9,18H,3-6H2,(H,16,19,20). The highest BCUT2D eigenvalue weighted by atomic mass is 19.1. The summed E-state index contributed by atoms with van der Waals surface area (Å²) in [6.45, 7) is -0.236. The molecule has 1 atom stereocenters. The van der Waals surface area contributed by atoms with Gasteiger partial charge in [0.05, 0.1) is 5.52 Å². The number of hydrogen-bond donors (Lipinski definition) is 2. The van der Waals surface area contributed by atoms with Crippen LogP contribution in [0.4, 0.5) is 4.39 Å². The molecule has 2 amide bonds. The summed E-state index contributed by atoms with van der Waals surface area (Å²) in [4.78, 5) is 35.1. The van der Waals surface area contributed by atoms with Gasteiger partial charge in [0.2, 0.25) is 11.8 Å². The summed E-state index contributed by atoms with van der Waals surface area (Å²) >= 11 is 0. The van der Waals surface area contributed by atoms with Crippen molar-refractivity contribution in [3.8, 4) is 0 Å². The van der Waals surface area contributed by atoms with Crippen LogP contribution in [0.2, 0.25) is 0 Å². The molecule has 1 aromatic heterocycles. The van der Waals surface area contributed by atoms with E-state index in [1.54, 1.807) is 0 Å². The first kappa shape index (κ1) is 14.5. The molecule has 1 aromatic carbocycles. The Morgan fingerprint density at radius 1 is 1.36 bits per heavy atom. The summed E-state index contributed by atoms with van der Waals surface area (Å²) in [7, 11) is 0. The van der Waals surface area contributed by atoms with Crippen molar-refractivity contribution in [2.24, 2.45) is 0 Å². The zero-order chi connectivity index (χ0) is 15.9. The average molecular weight is 308 g/mol. The first-order valence-corrected chi connectivity index (χ1v) is 6.80. The zero-order valence-corrected chi connectivity index (χ0v) is 11.5. The molecule has 1 saturated heterocycles. The summed E-state index contributed by atoms with van der Waals surface area (Å²) < 4.78 is 20.3. The van der Waals surface area contributed by atoms with Gasteiger partial charge in [-0.05, 0) is 24.5 Å². The summed E-state index contributed by atoms with van der Waals surface area (Å²) in [5.74, 6) is -2.60. The molecule has 0 aliphatic carbocycles. The van der Waals surface area contributed by atoms with Gasteiger partial charge >= 0.3 is 5.76 Å². The first-order valence-electron chi connectivity index (χ1n) is 6.80. The summed E-state index contributed by atoms with van der Waals surface area (Å²) in [5.41, 5.74) is 0.124. The van der Waals surface area contributed by atoms with Crippen LogP contribution in [0.15, 0.2) is 21.3 Å². The highest BCUT2D eigenvalue weighted by molar-refractivity contribution is 6.00. The number of rotatable bonds is 3. The van der Waals surface area contributed by atoms with E-state index in [2.05, 4.69) is 5.32 Å². The molecule has 0 bridgehead atoms. The largest absolute Gasteiger partial charge is 0.420 e. The molecule has 2 N–H and O–H groups in total. The van der Waals surface area contributed by atoms with Crippen LogP contribution in [0.1, 0.15) is 24.4 Å². The fraction of sp³-hybridized carbons (Fsp3) is 0.357. The molecular weight excluding hydrogens is 295 g/mol. The van der Waals surface area contributed by atoms with Crippen LogP contribution < -0.4 is 11.1 Å². The molecule has 1 fully saturated rings. The number of aliphatic hydroxyl groups is 1. The lowest BCUT2D eigenvalue weighted by Gasteiger charge is -2.21. The van der Waals surface area contributed by atoms with Crippen molar-refractivity contribution in [3.63, 3.8) is 0 Å². The Morgan fingerprint density at radius 2 is 2.14 bits per heavy atom. The fourth-order valence-electron chi connectivity index (χ4n) is 2.65. The van der Waals surface area contributed by atoms with Crippen molar-refractivity contribution >= 4 is 22.9 Å². The van der Waals surface area contributed by atoms with Gasteiger partial charge in [-0.15, -0.1) is 0 Å². The first-order chi connectivity index (χ1) is 10.5. The molecule has 0 spiro atoms. The fourth-order valence-corrected chi connectivity index (χ4v) is 2.65. The second kappa shape index (κ2) is 5.38. The number of carbonyl (C=O) groups excluding carboxylic acids is 2. The van der Waals surface area contributed by atoms with E-state index >= 15 is 0 Å². The minimum atomic E-state index is -0.908. The second-order valence-electron chi connectivity index (χ2n) is 5.07. The number of fused-ring (bicyclic) bond motifs is 1. The average Bonchev–Trinajstić information content (AvgIpc) is 2.80. The molecule has 1 aliphatic heterocycles. The van der Waals surface area contributed by atoms with Crippen molar-refractivity contribution in [2.75, 3.05) is 6.61 Å². The van der Waals surface area contributed by atoms with Gasteiger partial charge in [0.25, 0.3) is 0 Å². The van der Waals surface area contributed by atoms with Gasteiger partial charge in [-0.1, -0.05) is 6.07 Å². The second-order valence-corrected chi connectivity index (χ2v) is 5.07. The molecule has 3 rings (SSSR count). The summed E-state index contributed by atoms with van der Waals surface area (Å²) in [5, 5.41) is 11.0. The zero-order valence-electron chi connectivity index (χ0n) is 11.5. The van der Waals surface area contributed by atoms with Crippen LogP contribution in [0, 0.1) is 5.82 Å². The Bertz CT molecular complexity index is 822. The van der Waals surface area contributed by atoms with Crippen molar-refractivity contribution in [1.82, 2.24) is 9.88 Å². The smallest absolute Gasteiger partial charge is 0.405 e. The maximum absolute atomic E-state index is 14.3. The van der Waals surface area contributed by atoms with E-state index in [0.717, 1.165) is 4.57 Å². The van der Waals surface area contributed by atoms with E-state index in [-0.39, 0.29) is 42.5 Å². The van der Waals surface area contributed by atoms with Crippen LogP contribution in [-0.2, 0) is 16.0 Å². The molecule has 2 heterocycles. The SMILES string of the molecule is O=C1CCC(n2c(=O)oc3c(F)c(CCO)ccc32)C(=O)N1. The molecule has 1 aliphatic rings. The van der Waals surface area contributed by atoms with Crippen LogP contribution >= 0.6 is 0 Å². The number of imide groups is 1. The number of nitrogens with zero attached hydrogens (tertiary/aromatic N) is 1. The number of hydrogen-bond acceptors (Lipinski definition) is 5. The van der Waals surface area contributed by atoms with Crippen LogP contribution in [-0.4, -0.2) is 28.1 Å². The highest BCUT2D eigenvalue weighted by Gasteiger charge is 2.32. The van der Waals surface area contributed by atoms with Gasteiger partial charge < -0.3 is 9.52 Å². The lowest BCUT2D eigenvalue weighted by atomic mass is 10.1. The Morgan fingerprint density at radius 3 is 2.82 bits per heavy atom. The molecular formula is C14H13FN2O5. The van der Waals surface area contributed by atoms with Crippen molar-refractivity contribution in [3.05, 3.63) is 34.1 Å². The maximum atomic E-state index is 14.3. The lowest BCUT2D eigenvalue weighted by Crippen LogP contribution is -2.43. The van der Waals surface area contributed by atoms with Gasteiger partial charge in [-0.3, -0.25) is 19.5 Å². The number of benzene rings is 1. The number of oxazole rings is 1. The van der Waals surface area contributed by atoms with E-state index in [1.807, 2.05) is 0 Å². The van der Waals surface area contributed by atoms with Gasteiger partial charge in [0.1, 0.15) is 6.04 Å². The number of halogens is 1. The molecule has 22 heavy (non-hydrogen) atoms. The number of aromatic nitrogens is 1. The van der Waals surface area contributed by atoms with Crippen molar-refractivity contribution in [2.45, 2.75) is 25.3 Å². The molecule has 1 unspecified atom stereocenters. The molecule has 7 nitrogen and oxygen atoms in total. The number of piperidine rings is 1. The predicted octanol–water partition coefficient (Wildman–Crippen LogP) is 0.246. The van der Waals surface area contributed by atoms with E-state index in [1.165, 1.54) is 12.1 Å². The van der Waals surface area contributed by atoms with Crippen LogP contribution in [0.25, 0.3) is 11.1 Å². The molecule has 8 heteroatoms. The van der Waals surface area contributed by atoms with E-state index in [0.29, 0.717) is 0 Å². The minimum absolute atomic E-state index is 0.0923. The van der Waals surface area contributed by atoms with Crippen molar-refractivity contribution in [1.29, 1.82) is 0 Å². The normalized spacial score (nSPS) is 18.7. The Kier molecular flexibility index (Phi) is 3.53. The Hall–Kier alpha value is -2.48. The quantitative estimate of drug-likeness (QED) is 0.791. The third kappa shape index (κ3) is 2.21. The van der Waals surface area contributed by atoms with Gasteiger partial charge in [0, 0.05) is 13.0 Å². The van der Waals surface area contributed by atoms with E-state index in [4.69, 9.17) is 9.52 Å². The number of carbonyl (C=O) groups is 2. The number of nitrogens with one attached hydrogen (secondary N) is 1. The van der Waals surface area contributed by atoms with E-state index in [9.17, 15) is 18.8 Å². The number of aliphatic hydroxyl groups excluding tert-OH is 1. The van der Waals surface area contributed by atoms with Crippen LogP contribution in [0.3, 0.4) is 0 Å². The monoisotopic (exact) mass is 308 g/mol. The Balaban J connectivity index is 2.13. The molecule has 0 saturated carbocycles. The number of amides is 2. The Labute approximate surface area is 123 Å². The topological polar surface area (TPSA) is 102 Å². The lowest BCUT2D eigenvalue weighted by molar-refractivity contribution is -0.135. The highest BCUT2D eigenvalue weighted by Crippen LogP contribution is 2.26. The van der Waals surface area contributed by atoms with Crippen molar-refractivity contribution < 1.29 is 23.5 Å². The summed E-state index contributed by atoms with van der Waals surface area (Å²) in [6.07, 6.45) is 0.342. The predicted molar refractivity (Wildman–Crippen MR) is 72.6 cm³/mol. The molecule has 2 aromatic rings. The molecule has 116 valence electrons. The maximum Gasteiger partial charge on any atom is 0.420 e. The molecule has 0 radical (unpaired) electrons. The van der Waals surface area contributed by atoms with Gasteiger partial charge in [-0.2, -0.15) is 0 Å². The van der Waals surface area contributed by atoms with Gasteiger partial charge in [0.15, 0.2) is 11.4 Å². The third-order valence-electron chi connectivity index (χ3n) is 3.70. The third-order valence-corrected chi connectivity index (χ3v) is 3.70.